The van der Waals surface area contributed by atoms with Crippen LogP contribution in [0.4, 0.5) is 0 Å². The minimum atomic E-state index is -0.369. The van der Waals surface area contributed by atoms with Crippen molar-refractivity contribution in [2.45, 2.75) is 6.54 Å². The van der Waals surface area contributed by atoms with Crippen LogP contribution in [0.25, 0.3) is 0 Å². The number of hydrazone groups is 1. The maximum absolute atomic E-state index is 12.1. The van der Waals surface area contributed by atoms with Crippen LogP contribution in [0.5, 0.6) is 0 Å². The van der Waals surface area contributed by atoms with Crippen LogP contribution in [-0.4, -0.2) is 21.9 Å². The van der Waals surface area contributed by atoms with E-state index in [4.69, 9.17) is 11.6 Å². The zero-order valence-electron chi connectivity index (χ0n) is 13.1. The van der Waals surface area contributed by atoms with Crippen LogP contribution < -0.4 is 5.43 Å². The van der Waals surface area contributed by atoms with Crippen LogP contribution in [0.1, 0.15) is 21.6 Å². The van der Waals surface area contributed by atoms with E-state index >= 15 is 0 Å². The highest BCUT2D eigenvalue weighted by molar-refractivity contribution is 9.10. The van der Waals surface area contributed by atoms with Gasteiger partial charge in [-0.25, -0.2) is 5.43 Å². The van der Waals surface area contributed by atoms with Crippen molar-refractivity contribution in [2.24, 2.45) is 5.10 Å². The van der Waals surface area contributed by atoms with Crippen LogP contribution in [0.3, 0.4) is 0 Å². The van der Waals surface area contributed by atoms with E-state index in [0.29, 0.717) is 17.3 Å². The normalized spacial score (nSPS) is 11.0. The molecule has 5 nitrogen and oxygen atoms in total. The number of benzene rings is 2. The highest BCUT2D eigenvalue weighted by Gasteiger charge is 2.08. The van der Waals surface area contributed by atoms with Gasteiger partial charge in [-0.15, -0.1) is 0 Å². The number of hydrogen-bond donors (Lipinski definition) is 1. The predicted molar refractivity (Wildman–Crippen MR) is 102 cm³/mol. The molecular formula is C18H14BrClN4O. The Morgan fingerprint density at radius 1 is 1.24 bits per heavy atom. The standard InChI is InChI=1S/C18H14BrClN4O/c19-15-5-1-4-14(9-15)12-24-8-7-17(23-24)18(25)22-21-11-13-3-2-6-16(20)10-13/h1-11H,12H2,(H,22,25)/b21-11+. The Morgan fingerprint density at radius 2 is 2.08 bits per heavy atom. The van der Waals surface area contributed by atoms with Gasteiger partial charge in [-0.3, -0.25) is 9.48 Å². The monoisotopic (exact) mass is 416 g/mol. The van der Waals surface area contributed by atoms with Crippen molar-refractivity contribution in [3.05, 3.63) is 87.1 Å². The zero-order chi connectivity index (χ0) is 17.6. The molecule has 0 aliphatic rings. The van der Waals surface area contributed by atoms with E-state index in [1.807, 2.05) is 36.4 Å². The molecule has 0 fully saturated rings. The molecule has 1 heterocycles. The molecule has 126 valence electrons. The molecule has 0 bridgehead atoms. The Morgan fingerprint density at radius 3 is 2.88 bits per heavy atom. The fraction of sp³-hybridized carbons (Fsp3) is 0.0556. The van der Waals surface area contributed by atoms with Gasteiger partial charge in [-0.2, -0.15) is 10.2 Å². The Labute approximate surface area is 158 Å². The van der Waals surface area contributed by atoms with E-state index in [2.05, 4.69) is 31.6 Å². The molecule has 3 rings (SSSR count). The summed E-state index contributed by atoms with van der Waals surface area (Å²) in [7, 11) is 0. The smallest absolute Gasteiger partial charge is 0.268 e. The quantitative estimate of drug-likeness (QED) is 0.502. The molecule has 0 aliphatic heterocycles. The van der Waals surface area contributed by atoms with Crippen molar-refractivity contribution < 1.29 is 4.79 Å². The molecule has 0 unspecified atom stereocenters. The van der Waals surface area contributed by atoms with Crippen molar-refractivity contribution in [1.29, 1.82) is 0 Å². The van der Waals surface area contributed by atoms with Gasteiger partial charge in [0.1, 0.15) is 0 Å². The summed E-state index contributed by atoms with van der Waals surface area (Å²) in [6, 6.07) is 16.8. The van der Waals surface area contributed by atoms with Crippen LogP contribution >= 0.6 is 27.5 Å². The van der Waals surface area contributed by atoms with Crippen LogP contribution in [0, 0.1) is 0 Å². The average molecular weight is 418 g/mol. The molecule has 1 aromatic heterocycles. The first kappa shape index (κ1) is 17.4. The largest absolute Gasteiger partial charge is 0.291 e. The van der Waals surface area contributed by atoms with Crippen molar-refractivity contribution >= 4 is 39.7 Å². The predicted octanol–water partition coefficient (Wildman–Crippen LogP) is 4.11. The van der Waals surface area contributed by atoms with E-state index in [9.17, 15) is 4.79 Å². The minimum Gasteiger partial charge on any atom is -0.268 e. The lowest BCUT2D eigenvalue weighted by Gasteiger charge is -2.02. The second-order valence-corrected chi connectivity index (χ2v) is 6.63. The summed E-state index contributed by atoms with van der Waals surface area (Å²) in [5, 5.41) is 8.81. The average Bonchev–Trinajstić information content (AvgIpc) is 3.03. The first-order valence-electron chi connectivity index (χ1n) is 7.47. The number of carbonyl (C=O) groups is 1. The van der Waals surface area contributed by atoms with Gasteiger partial charge in [0.2, 0.25) is 0 Å². The molecule has 0 atom stereocenters. The van der Waals surface area contributed by atoms with Crippen LogP contribution in [-0.2, 0) is 6.54 Å². The third kappa shape index (κ3) is 5.01. The lowest BCUT2D eigenvalue weighted by Crippen LogP contribution is -2.18. The van der Waals surface area contributed by atoms with Gasteiger partial charge in [0, 0.05) is 15.7 Å². The molecule has 0 aliphatic carbocycles. The molecule has 1 amide bonds. The summed E-state index contributed by atoms with van der Waals surface area (Å²) < 4.78 is 2.71. The molecular weight excluding hydrogens is 404 g/mol. The van der Waals surface area contributed by atoms with E-state index < -0.39 is 0 Å². The Hall–Kier alpha value is -2.44. The second kappa shape index (κ2) is 8.09. The molecule has 7 heteroatoms. The van der Waals surface area contributed by atoms with Gasteiger partial charge in [0.25, 0.3) is 5.91 Å². The van der Waals surface area contributed by atoms with Crippen LogP contribution in [0.15, 0.2) is 70.4 Å². The topological polar surface area (TPSA) is 59.3 Å². The highest BCUT2D eigenvalue weighted by atomic mass is 79.9. The summed E-state index contributed by atoms with van der Waals surface area (Å²) in [4.78, 5) is 12.1. The maximum atomic E-state index is 12.1. The molecule has 0 spiro atoms. The lowest BCUT2D eigenvalue weighted by atomic mass is 10.2. The molecule has 25 heavy (non-hydrogen) atoms. The maximum Gasteiger partial charge on any atom is 0.291 e. The van der Waals surface area contributed by atoms with Gasteiger partial charge in [-0.1, -0.05) is 51.8 Å². The van der Waals surface area contributed by atoms with Gasteiger partial charge in [-0.05, 0) is 41.5 Å². The fourth-order valence-corrected chi connectivity index (χ4v) is 2.85. The molecule has 0 saturated carbocycles. The lowest BCUT2D eigenvalue weighted by molar-refractivity contribution is 0.0949. The number of halogens is 2. The molecule has 0 radical (unpaired) electrons. The van der Waals surface area contributed by atoms with Crippen molar-refractivity contribution in [2.75, 3.05) is 0 Å². The van der Waals surface area contributed by atoms with Crippen molar-refractivity contribution in [3.8, 4) is 0 Å². The highest BCUT2D eigenvalue weighted by Crippen LogP contribution is 2.12. The van der Waals surface area contributed by atoms with E-state index in [1.54, 1.807) is 29.1 Å². The number of nitrogens with one attached hydrogen (secondary N) is 1. The minimum absolute atomic E-state index is 0.304. The number of carbonyl (C=O) groups excluding carboxylic acids is 1. The third-order valence-corrected chi connectivity index (χ3v) is 4.06. The molecule has 0 saturated heterocycles. The number of rotatable bonds is 5. The van der Waals surface area contributed by atoms with E-state index in [-0.39, 0.29) is 5.91 Å². The number of nitrogens with zero attached hydrogens (tertiary/aromatic N) is 3. The molecule has 3 aromatic rings. The SMILES string of the molecule is O=C(N/N=C/c1cccc(Cl)c1)c1ccn(Cc2cccc(Br)c2)n1. The van der Waals surface area contributed by atoms with Crippen molar-refractivity contribution in [3.63, 3.8) is 0 Å². The number of amides is 1. The van der Waals surface area contributed by atoms with Gasteiger partial charge < -0.3 is 0 Å². The van der Waals surface area contributed by atoms with Gasteiger partial charge >= 0.3 is 0 Å². The summed E-state index contributed by atoms with van der Waals surface area (Å²) in [5.41, 5.74) is 4.65. The second-order valence-electron chi connectivity index (χ2n) is 5.28. The van der Waals surface area contributed by atoms with Gasteiger partial charge in [0.15, 0.2) is 5.69 Å². The number of hydrogen-bond acceptors (Lipinski definition) is 3. The summed E-state index contributed by atoms with van der Waals surface area (Å²) in [6.45, 7) is 0.582. The van der Waals surface area contributed by atoms with Crippen LogP contribution in [0.2, 0.25) is 5.02 Å². The zero-order valence-corrected chi connectivity index (χ0v) is 15.4. The summed E-state index contributed by atoms with van der Waals surface area (Å²) in [5.74, 6) is -0.369. The molecule has 1 N–H and O–H groups in total. The fourth-order valence-electron chi connectivity index (χ4n) is 2.20. The summed E-state index contributed by atoms with van der Waals surface area (Å²) >= 11 is 9.33. The van der Waals surface area contributed by atoms with Gasteiger partial charge in [0.05, 0.1) is 12.8 Å². The Balaban J connectivity index is 1.60. The summed E-state index contributed by atoms with van der Waals surface area (Å²) in [6.07, 6.45) is 3.29. The van der Waals surface area contributed by atoms with E-state index in [0.717, 1.165) is 15.6 Å². The molecule has 2 aromatic carbocycles. The first-order valence-corrected chi connectivity index (χ1v) is 8.64. The van der Waals surface area contributed by atoms with E-state index in [1.165, 1.54) is 6.21 Å². The first-order chi connectivity index (χ1) is 12.1. The number of aromatic nitrogens is 2. The Bertz CT molecular complexity index is 923. The Kier molecular flexibility index (Phi) is 5.63. The van der Waals surface area contributed by atoms with Crippen molar-refractivity contribution in [1.82, 2.24) is 15.2 Å². The third-order valence-electron chi connectivity index (χ3n) is 3.34.